The fraction of sp³-hybridized carbons (Fsp3) is 0.200. The molecule has 2 rings (SSSR count). The van der Waals surface area contributed by atoms with Crippen LogP contribution in [0.4, 0.5) is 0 Å². The molecule has 0 bridgehead atoms. The Morgan fingerprint density at radius 1 is 1.11 bits per heavy atom. The summed E-state index contributed by atoms with van der Waals surface area (Å²) in [6, 6.07) is 5.42. The van der Waals surface area contributed by atoms with Crippen molar-refractivity contribution >= 4 is 41.2 Å². The zero-order chi connectivity index (χ0) is 14.0. The second kappa shape index (κ2) is 5.80. The van der Waals surface area contributed by atoms with Gasteiger partial charge in [-0.05, 0) is 25.0 Å². The van der Waals surface area contributed by atoms with Gasteiger partial charge in [-0.25, -0.2) is 0 Å². The van der Waals surface area contributed by atoms with Gasteiger partial charge in [0.25, 0.3) is 0 Å². The minimum Gasteiger partial charge on any atom is -0.288 e. The Bertz CT molecular complexity index is 607. The number of thioether (sulfide) groups is 2. The fourth-order valence-corrected chi connectivity index (χ4v) is 3.61. The van der Waals surface area contributed by atoms with E-state index in [9.17, 15) is 9.59 Å². The van der Waals surface area contributed by atoms with Crippen molar-refractivity contribution in [3.05, 3.63) is 50.8 Å². The van der Waals surface area contributed by atoms with E-state index in [1.807, 2.05) is 43.7 Å². The minimum atomic E-state index is -0.148. The smallest absolute Gasteiger partial charge is 0.200 e. The number of carbonyl (C=O) groups is 2. The molecule has 0 unspecified atom stereocenters. The van der Waals surface area contributed by atoms with Crippen LogP contribution in [0, 0.1) is 0 Å². The number of ketones is 2. The highest BCUT2D eigenvalue weighted by atomic mass is 32.2. The van der Waals surface area contributed by atoms with Gasteiger partial charge < -0.3 is 0 Å². The standard InChI is InChI=1S/C15H14O2S2/c1-4-6-9-7-5-8-10-11(9)14(17)12(13(10)16)15(18-2)19-3/h4-8H,1-3H3. The van der Waals surface area contributed by atoms with E-state index in [2.05, 4.69) is 0 Å². The van der Waals surface area contributed by atoms with E-state index in [4.69, 9.17) is 0 Å². The Hall–Kier alpha value is -1.26. The van der Waals surface area contributed by atoms with Crippen molar-refractivity contribution in [3.63, 3.8) is 0 Å². The van der Waals surface area contributed by atoms with Crippen LogP contribution < -0.4 is 0 Å². The minimum absolute atomic E-state index is 0.146. The maximum absolute atomic E-state index is 12.5. The van der Waals surface area contributed by atoms with Crippen LogP contribution >= 0.6 is 23.5 Å². The summed E-state index contributed by atoms with van der Waals surface area (Å²) >= 11 is 2.89. The van der Waals surface area contributed by atoms with Crippen molar-refractivity contribution in [2.45, 2.75) is 6.92 Å². The van der Waals surface area contributed by atoms with Crippen LogP contribution in [0.2, 0.25) is 0 Å². The molecule has 0 amide bonds. The number of carbonyl (C=O) groups excluding carboxylic acids is 2. The van der Waals surface area contributed by atoms with Crippen LogP contribution in [0.3, 0.4) is 0 Å². The molecule has 1 aliphatic carbocycles. The maximum atomic E-state index is 12.5. The first kappa shape index (κ1) is 14.2. The van der Waals surface area contributed by atoms with E-state index in [1.165, 1.54) is 23.5 Å². The average Bonchev–Trinajstić information content (AvgIpc) is 2.67. The highest BCUT2D eigenvalue weighted by Gasteiger charge is 2.36. The van der Waals surface area contributed by atoms with Crippen LogP contribution in [0.15, 0.2) is 34.1 Å². The molecule has 0 spiro atoms. The van der Waals surface area contributed by atoms with E-state index < -0.39 is 0 Å². The zero-order valence-electron chi connectivity index (χ0n) is 11.0. The lowest BCUT2D eigenvalue weighted by atomic mass is 10.0. The van der Waals surface area contributed by atoms with Gasteiger partial charge in [0.1, 0.15) is 0 Å². The van der Waals surface area contributed by atoms with Gasteiger partial charge in [-0.3, -0.25) is 9.59 Å². The predicted octanol–water partition coefficient (Wildman–Crippen LogP) is 4.04. The predicted molar refractivity (Wildman–Crippen MR) is 83.9 cm³/mol. The first-order valence-electron chi connectivity index (χ1n) is 5.83. The molecule has 0 fully saturated rings. The highest BCUT2D eigenvalue weighted by Crippen LogP contribution is 2.37. The summed E-state index contributed by atoms with van der Waals surface area (Å²) in [5, 5.41) is 0. The summed E-state index contributed by atoms with van der Waals surface area (Å²) in [4.78, 5) is 24.9. The van der Waals surface area contributed by atoms with Gasteiger partial charge >= 0.3 is 0 Å². The van der Waals surface area contributed by atoms with Crippen LogP contribution in [-0.4, -0.2) is 24.1 Å². The second-order valence-electron chi connectivity index (χ2n) is 4.00. The Labute approximate surface area is 121 Å². The van der Waals surface area contributed by atoms with E-state index in [-0.39, 0.29) is 11.6 Å². The summed E-state index contributed by atoms with van der Waals surface area (Å²) in [6.07, 6.45) is 7.51. The van der Waals surface area contributed by atoms with Gasteiger partial charge in [0.2, 0.25) is 0 Å². The largest absolute Gasteiger partial charge is 0.288 e. The summed E-state index contributed by atoms with van der Waals surface area (Å²) in [5.41, 5.74) is 2.21. The van der Waals surface area contributed by atoms with E-state index in [0.717, 1.165) is 9.80 Å². The van der Waals surface area contributed by atoms with Crippen molar-refractivity contribution < 1.29 is 9.59 Å². The number of Topliss-reactive ketones (excluding diaryl/α,β-unsaturated/α-hetero) is 2. The number of benzene rings is 1. The van der Waals surface area contributed by atoms with E-state index in [0.29, 0.717) is 16.7 Å². The normalized spacial score (nSPS) is 14.4. The molecular weight excluding hydrogens is 276 g/mol. The number of hydrogen-bond acceptors (Lipinski definition) is 4. The zero-order valence-corrected chi connectivity index (χ0v) is 12.7. The van der Waals surface area contributed by atoms with Crippen LogP contribution in [0.25, 0.3) is 6.08 Å². The summed E-state index contributed by atoms with van der Waals surface area (Å²) in [6.45, 7) is 1.90. The van der Waals surface area contributed by atoms with E-state index in [1.54, 1.807) is 6.07 Å². The van der Waals surface area contributed by atoms with Crippen molar-refractivity contribution in [2.24, 2.45) is 0 Å². The molecule has 0 saturated carbocycles. The first-order valence-corrected chi connectivity index (χ1v) is 8.28. The number of allylic oxidation sites excluding steroid dienone is 2. The Balaban J connectivity index is 2.69. The Morgan fingerprint density at radius 2 is 1.79 bits per heavy atom. The molecule has 0 radical (unpaired) electrons. The molecule has 19 heavy (non-hydrogen) atoms. The molecule has 98 valence electrons. The average molecular weight is 290 g/mol. The lowest BCUT2D eigenvalue weighted by Crippen LogP contribution is -2.03. The molecule has 4 heteroatoms. The van der Waals surface area contributed by atoms with Gasteiger partial charge in [0.15, 0.2) is 11.6 Å². The molecule has 1 aromatic carbocycles. The van der Waals surface area contributed by atoms with Crippen LogP contribution in [0.1, 0.15) is 33.2 Å². The summed E-state index contributed by atoms with van der Waals surface area (Å²) < 4.78 is 0.789. The molecular formula is C15H14O2S2. The molecule has 0 aliphatic heterocycles. The topological polar surface area (TPSA) is 34.1 Å². The molecule has 2 nitrogen and oxygen atoms in total. The third-order valence-corrected chi connectivity index (χ3v) is 5.09. The molecule has 1 aliphatic rings. The Morgan fingerprint density at radius 3 is 2.37 bits per heavy atom. The monoisotopic (exact) mass is 290 g/mol. The molecule has 0 atom stereocenters. The van der Waals surface area contributed by atoms with Crippen molar-refractivity contribution in [3.8, 4) is 0 Å². The van der Waals surface area contributed by atoms with Crippen molar-refractivity contribution in [2.75, 3.05) is 12.5 Å². The summed E-state index contributed by atoms with van der Waals surface area (Å²) in [7, 11) is 0. The molecule has 1 aromatic rings. The maximum Gasteiger partial charge on any atom is 0.200 e. The Kier molecular flexibility index (Phi) is 4.32. The van der Waals surface area contributed by atoms with Crippen molar-refractivity contribution in [1.82, 2.24) is 0 Å². The number of hydrogen-bond donors (Lipinski definition) is 0. The summed E-state index contributed by atoms with van der Waals surface area (Å²) in [5.74, 6) is -0.294. The quantitative estimate of drug-likeness (QED) is 0.621. The molecule has 0 saturated heterocycles. The van der Waals surface area contributed by atoms with Crippen LogP contribution in [0.5, 0.6) is 0 Å². The SMILES string of the molecule is CC=Cc1cccc2c1C(=O)C(=C(SC)SC)C2=O. The van der Waals surface area contributed by atoms with Crippen molar-refractivity contribution in [1.29, 1.82) is 0 Å². The third-order valence-electron chi connectivity index (χ3n) is 2.94. The molecule has 0 N–H and O–H groups in total. The molecule has 0 heterocycles. The van der Waals surface area contributed by atoms with Gasteiger partial charge in [0.05, 0.1) is 9.81 Å². The van der Waals surface area contributed by atoms with Gasteiger partial charge in [0, 0.05) is 11.1 Å². The fourth-order valence-electron chi connectivity index (χ4n) is 2.17. The highest BCUT2D eigenvalue weighted by molar-refractivity contribution is 8.21. The van der Waals surface area contributed by atoms with E-state index >= 15 is 0 Å². The first-order chi connectivity index (χ1) is 9.15. The lowest BCUT2D eigenvalue weighted by molar-refractivity contribution is 0.0989. The van der Waals surface area contributed by atoms with Gasteiger partial charge in [-0.15, -0.1) is 23.5 Å². The lowest BCUT2D eigenvalue weighted by Gasteiger charge is -2.02. The van der Waals surface area contributed by atoms with Gasteiger partial charge in [-0.1, -0.05) is 30.4 Å². The van der Waals surface area contributed by atoms with Gasteiger partial charge in [-0.2, -0.15) is 0 Å². The number of rotatable bonds is 3. The number of fused-ring (bicyclic) bond motifs is 1. The molecule has 0 aromatic heterocycles. The third kappa shape index (κ3) is 2.30. The van der Waals surface area contributed by atoms with Crippen LogP contribution in [-0.2, 0) is 0 Å². The second-order valence-corrected chi connectivity index (χ2v) is 5.89.